The second-order valence-corrected chi connectivity index (χ2v) is 4.89. The van der Waals surface area contributed by atoms with Gasteiger partial charge in [0.25, 0.3) is 0 Å². The number of ether oxygens (including phenoxy) is 1. The number of carbonyl (C=O) groups excluding carboxylic acids is 1. The van der Waals surface area contributed by atoms with Crippen molar-refractivity contribution in [3.05, 3.63) is 59.7 Å². The molecule has 0 saturated carbocycles. The lowest BCUT2D eigenvalue weighted by molar-refractivity contribution is -0.116. The number of nitrogens with one attached hydrogen (secondary N) is 1. The molecule has 0 saturated heterocycles. The second kappa shape index (κ2) is 7.84. The van der Waals surface area contributed by atoms with Gasteiger partial charge >= 0.3 is 0 Å². The molecule has 1 amide bonds. The molecule has 0 unspecified atom stereocenters. The highest BCUT2D eigenvalue weighted by Crippen LogP contribution is 2.19. The van der Waals surface area contributed by atoms with Crippen molar-refractivity contribution < 1.29 is 9.53 Å². The van der Waals surface area contributed by atoms with Crippen LogP contribution < -0.4 is 10.1 Å². The maximum atomic E-state index is 12.0. The summed E-state index contributed by atoms with van der Waals surface area (Å²) in [6.45, 7) is 0. The molecule has 2 aromatic rings. The zero-order valence-corrected chi connectivity index (χ0v) is 12.5. The maximum Gasteiger partial charge on any atom is 0.224 e. The normalized spacial score (nSPS) is 9.82. The van der Waals surface area contributed by atoms with E-state index >= 15 is 0 Å². The summed E-state index contributed by atoms with van der Waals surface area (Å²) in [5.74, 6) is 0.759. The van der Waals surface area contributed by atoms with Crippen molar-refractivity contribution in [1.29, 1.82) is 5.26 Å². The van der Waals surface area contributed by atoms with E-state index in [0.29, 0.717) is 19.3 Å². The lowest BCUT2D eigenvalue weighted by Crippen LogP contribution is -2.12. The van der Waals surface area contributed by atoms with Crippen molar-refractivity contribution in [3.8, 4) is 11.8 Å². The molecule has 1 N–H and O–H groups in total. The lowest BCUT2D eigenvalue weighted by atomic mass is 10.1. The quantitative estimate of drug-likeness (QED) is 0.888. The number of hydrogen-bond donors (Lipinski definition) is 1. The molecule has 0 atom stereocenters. The summed E-state index contributed by atoms with van der Waals surface area (Å²) in [5, 5.41) is 11.5. The Morgan fingerprint density at radius 1 is 1.18 bits per heavy atom. The third kappa shape index (κ3) is 4.35. The van der Waals surface area contributed by atoms with Crippen molar-refractivity contribution in [3.63, 3.8) is 0 Å². The predicted molar refractivity (Wildman–Crippen MR) is 85.7 cm³/mol. The molecule has 0 bridgehead atoms. The van der Waals surface area contributed by atoms with Gasteiger partial charge in [-0.15, -0.1) is 0 Å². The van der Waals surface area contributed by atoms with Crippen LogP contribution in [-0.2, 0) is 17.6 Å². The van der Waals surface area contributed by atoms with Gasteiger partial charge in [0.1, 0.15) is 5.75 Å². The molecule has 0 heterocycles. The van der Waals surface area contributed by atoms with Crippen LogP contribution in [0.15, 0.2) is 48.5 Å². The molecule has 112 valence electrons. The van der Waals surface area contributed by atoms with Gasteiger partial charge in [0.05, 0.1) is 19.6 Å². The Morgan fingerprint density at radius 2 is 1.91 bits per heavy atom. The number of hydrogen-bond acceptors (Lipinski definition) is 3. The predicted octanol–water partition coefficient (Wildman–Crippen LogP) is 3.33. The number of carbonyl (C=O) groups is 1. The van der Waals surface area contributed by atoms with Crippen LogP contribution in [0.4, 0.5) is 5.69 Å². The van der Waals surface area contributed by atoms with E-state index in [1.54, 1.807) is 7.11 Å². The molecule has 0 aliphatic carbocycles. The van der Waals surface area contributed by atoms with E-state index < -0.39 is 0 Å². The third-order valence-corrected chi connectivity index (χ3v) is 3.33. The topological polar surface area (TPSA) is 62.1 Å². The molecule has 4 nitrogen and oxygen atoms in total. The van der Waals surface area contributed by atoms with Gasteiger partial charge in [-0.1, -0.05) is 30.3 Å². The molecule has 0 aliphatic heterocycles. The van der Waals surface area contributed by atoms with Crippen LogP contribution in [0.25, 0.3) is 0 Å². The summed E-state index contributed by atoms with van der Waals surface area (Å²) in [4.78, 5) is 12.0. The van der Waals surface area contributed by atoms with Crippen LogP contribution in [0.3, 0.4) is 0 Å². The Balaban J connectivity index is 1.89. The maximum absolute atomic E-state index is 12.0. The lowest BCUT2D eigenvalue weighted by Gasteiger charge is -2.09. The standard InChI is InChI=1S/C18H18N2O2/c1-22-17-5-3-2-4-15(17)8-11-18(21)20-16-9-6-14(7-10-16)12-13-19/h2-7,9-10H,8,11-12H2,1H3,(H,20,21). The van der Waals surface area contributed by atoms with E-state index in [-0.39, 0.29) is 5.91 Å². The van der Waals surface area contributed by atoms with Crippen LogP contribution in [0, 0.1) is 11.3 Å². The average molecular weight is 294 g/mol. The summed E-state index contributed by atoms with van der Waals surface area (Å²) >= 11 is 0. The molecular formula is C18H18N2O2. The minimum atomic E-state index is -0.0426. The molecule has 0 spiro atoms. The van der Waals surface area contributed by atoms with Gasteiger partial charge in [-0.3, -0.25) is 4.79 Å². The van der Waals surface area contributed by atoms with Crippen molar-refractivity contribution >= 4 is 11.6 Å². The van der Waals surface area contributed by atoms with Crippen LogP contribution in [0.5, 0.6) is 5.75 Å². The first-order chi connectivity index (χ1) is 10.7. The van der Waals surface area contributed by atoms with E-state index in [1.165, 1.54) is 0 Å². The molecule has 0 aliphatic rings. The first-order valence-corrected chi connectivity index (χ1v) is 7.10. The Labute approximate surface area is 130 Å². The minimum absolute atomic E-state index is 0.0426. The van der Waals surface area contributed by atoms with Crippen LogP contribution in [-0.4, -0.2) is 13.0 Å². The SMILES string of the molecule is COc1ccccc1CCC(=O)Nc1ccc(CC#N)cc1. The molecule has 22 heavy (non-hydrogen) atoms. The van der Waals surface area contributed by atoms with Crippen molar-refractivity contribution in [2.24, 2.45) is 0 Å². The molecule has 0 fully saturated rings. The second-order valence-electron chi connectivity index (χ2n) is 4.89. The molecule has 2 rings (SSSR count). The number of methoxy groups -OCH3 is 1. The summed E-state index contributed by atoms with van der Waals surface area (Å²) in [6, 6.07) is 17.1. The largest absolute Gasteiger partial charge is 0.496 e. The highest BCUT2D eigenvalue weighted by atomic mass is 16.5. The Kier molecular flexibility index (Phi) is 5.56. The molecule has 4 heteroatoms. The van der Waals surface area contributed by atoms with E-state index in [1.807, 2.05) is 48.5 Å². The molecule has 2 aromatic carbocycles. The summed E-state index contributed by atoms with van der Waals surface area (Å²) in [6.07, 6.45) is 1.39. The number of anilines is 1. The van der Waals surface area contributed by atoms with Crippen molar-refractivity contribution in [1.82, 2.24) is 0 Å². The van der Waals surface area contributed by atoms with Gasteiger partial charge in [0.15, 0.2) is 0 Å². The molecule has 0 radical (unpaired) electrons. The van der Waals surface area contributed by atoms with E-state index in [0.717, 1.165) is 22.6 Å². The Bertz CT molecular complexity index is 672. The smallest absolute Gasteiger partial charge is 0.224 e. The number of amides is 1. The Morgan fingerprint density at radius 3 is 2.59 bits per heavy atom. The zero-order chi connectivity index (χ0) is 15.8. The monoisotopic (exact) mass is 294 g/mol. The van der Waals surface area contributed by atoms with Gasteiger partial charge in [-0.25, -0.2) is 0 Å². The number of nitriles is 1. The molecular weight excluding hydrogens is 276 g/mol. The summed E-state index contributed by atoms with van der Waals surface area (Å²) in [5.41, 5.74) is 2.70. The van der Waals surface area contributed by atoms with Gasteiger partial charge in [-0.05, 0) is 35.7 Å². The number of rotatable bonds is 6. The van der Waals surface area contributed by atoms with Crippen molar-refractivity contribution in [2.45, 2.75) is 19.3 Å². The third-order valence-electron chi connectivity index (χ3n) is 3.33. The van der Waals surface area contributed by atoms with Crippen LogP contribution in [0.2, 0.25) is 0 Å². The first kappa shape index (κ1) is 15.6. The zero-order valence-electron chi connectivity index (χ0n) is 12.5. The van der Waals surface area contributed by atoms with Crippen molar-refractivity contribution in [2.75, 3.05) is 12.4 Å². The fourth-order valence-corrected chi connectivity index (χ4v) is 2.18. The highest BCUT2D eigenvalue weighted by molar-refractivity contribution is 5.90. The van der Waals surface area contributed by atoms with E-state index in [4.69, 9.17) is 10.00 Å². The Hall–Kier alpha value is -2.80. The summed E-state index contributed by atoms with van der Waals surface area (Å²) in [7, 11) is 1.63. The van der Waals surface area contributed by atoms with Crippen LogP contribution >= 0.6 is 0 Å². The molecule has 0 aromatic heterocycles. The number of benzene rings is 2. The fourth-order valence-electron chi connectivity index (χ4n) is 2.18. The highest BCUT2D eigenvalue weighted by Gasteiger charge is 2.06. The summed E-state index contributed by atoms with van der Waals surface area (Å²) < 4.78 is 5.27. The van der Waals surface area contributed by atoms with Gasteiger partial charge in [-0.2, -0.15) is 5.26 Å². The van der Waals surface area contributed by atoms with E-state index in [9.17, 15) is 4.79 Å². The van der Waals surface area contributed by atoms with Gasteiger partial charge in [0.2, 0.25) is 5.91 Å². The van der Waals surface area contributed by atoms with Gasteiger partial charge in [0, 0.05) is 12.1 Å². The van der Waals surface area contributed by atoms with E-state index in [2.05, 4.69) is 11.4 Å². The number of para-hydroxylation sites is 1. The number of aryl methyl sites for hydroxylation is 1. The minimum Gasteiger partial charge on any atom is -0.496 e. The van der Waals surface area contributed by atoms with Crippen LogP contribution in [0.1, 0.15) is 17.5 Å². The number of nitrogens with zero attached hydrogens (tertiary/aromatic N) is 1. The van der Waals surface area contributed by atoms with Gasteiger partial charge < -0.3 is 10.1 Å². The average Bonchev–Trinajstić information content (AvgIpc) is 2.55. The fraction of sp³-hybridized carbons (Fsp3) is 0.222. The first-order valence-electron chi connectivity index (χ1n) is 7.10.